The summed E-state index contributed by atoms with van der Waals surface area (Å²) in [5.41, 5.74) is -0.323. The zero-order valence-corrected chi connectivity index (χ0v) is 15.5. The van der Waals surface area contributed by atoms with Crippen molar-refractivity contribution in [2.45, 2.75) is 25.8 Å². The van der Waals surface area contributed by atoms with Gasteiger partial charge in [-0.25, -0.2) is 14.4 Å². The van der Waals surface area contributed by atoms with Crippen molar-refractivity contribution in [3.8, 4) is 16.9 Å². The fraction of sp³-hybridized carbons (Fsp3) is 0.250. The number of ether oxygens (including phenoxy) is 1. The number of hydrogen-bond donors (Lipinski definition) is 1. The molecule has 0 bridgehead atoms. The maximum Gasteiger partial charge on any atom is 0.573 e. The normalized spacial score (nSPS) is 13.9. The minimum absolute atomic E-state index is 0.0507. The summed E-state index contributed by atoms with van der Waals surface area (Å²) in [7, 11) is 0. The molecule has 0 aliphatic heterocycles. The summed E-state index contributed by atoms with van der Waals surface area (Å²) in [6.07, 6.45) is 0.758. The fourth-order valence-corrected chi connectivity index (χ4v) is 2.98. The van der Waals surface area contributed by atoms with Crippen LogP contribution in [-0.4, -0.2) is 26.4 Å². The van der Waals surface area contributed by atoms with Crippen molar-refractivity contribution in [1.82, 2.24) is 15.0 Å². The van der Waals surface area contributed by atoms with E-state index in [4.69, 9.17) is 0 Å². The lowest BCUT2D eigenvalue weighted by molar-refractivity contribution is -0.274. The van der Waals surface area contributed by atoms with Crippen molar-refractivity contribution in [1.29, 1.82) is 0 Å². The highest BCUT2D eigenvalue weighted by Crippen LogP contribution is 2.36. The van der Waals surface area contributed by atoms with Crippen LogP contribution in [0.15, 0.2) is 55.2 Å². The van der Waals surface area contributed by atoms with Gasteiger partial charge in [-0.1, -0.05) is 19.9 Å². The predicted molar refractivity (Wildman–Crippen MR) is 96.2 cm³/mol. The van der Waals surface area contributed by atoms with Gasteiger partial charge < -0.3 is 9.84 Å². The molecule has 29 heavy (non-hydrogen) atoms. The zero-order valence-electron chi connectivity index (χ0n) is 15.5. The van der Waals surface area contributed by atoms with Gasteiger partial charge in [-0.3, -0.25) is 4.98 Å². The first-order valence-electron chi connectivity index (χ1n) is 8.61. The summed E-state index contributed by atoms with van der Waals surface area (Å²) < 4.78 is 54.8. The number of alkyl halides is 3. The Bertz CT molecular complexity index is 979. The van der Waals surface area contributed by atoms with E-state index in [0.29, 0.717) is 22.9 Å². The third-order valence-corrected chi connectivity index (χ3v) is 4.48. The van der Waals surface area contributed by atoms with E-state index < -0.39 is 23.5 Å². The van der Waals surface area contributed by atoms with E-state index in [1.165, 1.54) is 43.1 Å². The molecule has 2 aromatic heterocycles. The first kappa shape index (κ1) is 20.7. The summed E-state index contributed by atoms with van der Waals surface area (Å²) >= 11 is 0. The van der Waals surface area contributed by atoms with Gasteiger partial charge in [-0.2, -0.15) is 0 Å². The number of nitrogens with zero attached hydrogens (tertiary/aromatic N) is 3. The number of pyridine rings is 1. The second-order valence-corrected chi connectivity index (χ2v) is 6.67. The van der Waals surface area contributed by atoms with Gasteiger partial charge in [-0.15, -0.1) is 13.2 Å². The molecule has 0 spiro atoms. The van der Waals surface area contributed by atoms with Crippen LogP contribution < -0.4 is 4.74 Å². The molecule has 152 valence electrons. The van der Waals surface area contributed by atoms with Crippen LogP contribution in [0.4, 0.5) is 17.6 Å². The van der Waals surface area contributed by atoms with Gasteiger partial charge in [0, 0.05) is 41.3 Å². The molecule has 3 aromatic rings. The first-order chi connectivity index (χ1) is 13.6. The van der Waals surface area contributed by atoms with Gasteiger partial charge in [0.2, 0.25) is 0 Å². The molecule has 5 nitrogen and oxygen atoms in total. The second kappa shape index (κ2) is 7.75. The Labute approximate surface area is 164 Å². The van der Waals surface area contributed by atoms with Gasteiger partial charge in [-0.05, 0) is 24.1 Å². The van der Waals surface area contributed by atoms with Gasteiger partial charge in [0.25, 0.3) is 0 Å². The topological polar surface area (TPSA) is 68.1 Å². The Hall–Kier alpha value is -3.07. The maximum atomic E-state index is 14.3. The Morgan fingerprint density at radius 1 is 1.00 bits per heavy atom. The van der Waals surface area contributed by atoms with Crippen molar-refractivity contribution in [2.75, 3.05) is 0 Å². The van der Waals surface area contributed by atoms with Crippen LogP contribution >= 0.6 is 0 Å². The van der Waals surface area contributed by atoms with E-state index in [-0.39, 0.29) is 11.5 Å². The summed E-state index contributed by atoms with van der Waals surface area (Å²) in [5, 5.41) is 11.3. The van der Waals surface area contributed by atoms with E-state index in [0.717, 1.165) is 6.07 Å². The van der Waals surface area contributed by atoms with Crippen LogP contribution in [0, 0.1) is 11.7 Å². The lowest BCUT2D eigenvalue weighted by Gasteiger charge is -2.31. The Morgan fingerprint density at radius 2 is 1.69 bits per heavy atom. The van der Waals surface area contributed by atoms with E-state index in [2.05, 4.69) is 19.7 Å². The molecule has 1 unspecified atom stereocenters. The molecule has 3 rings (SSSR count). The molecular weight excluding hydrogens is 390 g/mol. The Balaban J connectivity index is 1.94. The average molecular weight is 407 g/mol. The van der Waals surface area contributed by atoms with Gasteiger partial charge >= 0.3 is 6.36 Å². The number of aromatic nitrogens is 3. The van der Waals surface area contributed by atoms with Crippen LogP contribution in [0.3, 0.4) is 0 Å². The van der Waals surface area contributed by atoms with E-state index in [1.54, 1.807) is 0 Å². The largest absolute Gasteiger partial charge is 0.573 e. The number of halogens is 4. The van der Waals surface area contributed by atoms with Crippen molar-refractivity contribution in [2.24, 2.45) is 5.92 Å². The standard InChI is InChI=1S/C20H17F4N3O2/c1-12(2)19(28,14-9-25-11-26-10-14)18-6-3-13(8-27-18)16-5-4-15(7-17(16)21)29-20(22,23)24/h3-12,28H,1-2H3. The van der Waals surface area contributed by atoms with E-state index in [1.807, 2.05) is 13.8 Å². The van der Waals surface area contributed by atoms with Crippen molar-refractivity contribution < 1.29 is 27.4 Å². The van der Waals surface area contributed by atoms with Crippen LogP contribution in [0.2, 0.25) is 0 Å². The maximum absolute atomic E-state index is 14.3. The molecule has 9 heteroatoms. The molecular formula is C20H17F4N3O2. The summed E-state index contributed by atoms with van der Waals surface area (Å²) in [6.45, 7) is 3.61. The summed E-state index contributed by atoms with van der Waals surface area (Å²) in [5.74, 6) is -1.82. The predicted octanol–water partition coefficient (Wildman–Crippen LogP) is 4.47. The van der Waals surface area contributed by atoms with Crippen molar-refractivity contribution in [3.63, 3.8) is 0 Å². The zero-order chi connectivity index (χ0) is 21.2. The molecule has 0 aliphatic rings. The van der Waals surface area contributed by atoms with E-state index in [9.17, 15) is 22.7 Å². The highest BCUT2D eigenvalue weighted by molar-refractivity contribution is 5.64. The van der Waals surface area contributed by atoms with Gasteiger partial charge in [0.05, 0.1) is 5.69 Å². The van der Waals surface area contributed by atoms with Crippen LogP contribution in [0.25, 0.3) is 11.1 Å². The Kier molecular flexibility index (Phi) is 5.52. The smallest absolute Gasteiger partial charge is 0.406 e. The first-order valence-corrected chi connectivity index (χ1v) is 8.61. The fourth-order valence-electron chi connectivity index (χ4n) is 2.98. The molecule has 0 saturated carbocycles. The average Bonchev–Trinajstić information content (AvgIpc) is 2.67. The minimum Gasteiger partial charge on any atom is -0.406 e. The van der Waals surface area contributed by atoms with Crippen LogP contribution in [-0.2, 0) is 5.60 Å². The molecule has 0 radical (unpaired) electrons. The van der Waals surface area contributed by atoms with Gasteiger partial charge in [0.1, 0.15) is 23.5 Å². The lowest BCUT2D eigenvalue weighted by Crippen LogP contribution is -2.34. The van der Waals surface area contributed by atoms with Crippen LogP contribution in [0.1, 0.15) is 25.1 Å². The van der Waals surface area contributed by atoms with E-state index >= 15 is 0 Å². The third-order valence-electron chi connectivity index (χ3n) is 4.48. The summed E-state index contributed by atoms with van der Waals surface area (Å²) in [6, 6.07) is 5.91. The monoisotopic (exact) mass is 407 g/mol. The third kappa shape index (κ3) is 4.34. The Morgan fingerprint density at radius 3 is 2.21 bits per heavy atom. The highest BCUT2D eigenvalue weighted by atomic mass is 19.4. The van der Waals surface area contributed by atoms with Crippen molar-refractivity contribution in [3.05, 3.63) is 72.3 Å². The quantitative estimate of drug-likeness (QED) is 0.632. The number of benzene rings is 1. The highest BCUT2D eigenvalue weighted by Gasteiger charge is 2.37. The van der Waals surface area contributed by atoms with Crippen molar-refractivity contribution >= 4 is 0 Å². The molecule has 2 heterocycles. The van der Waals surface area contributed by atoms with Crippen LogP contribution in [0.5, 0.6) is 5.75 Å². The van der Waals surface area contributed by atoms with Gasteiger partial charge in [0.15, 0.2) is 0 Å². The molecule has 1 aromatic carbocycles. The molecule has 0 amide bonds. The number of aliphatic hydroxyl groups is 1. The lowest BCUT2D eigenvalue weighted by atomic mass is 9.81. The number of rotatable bonds is 5. The molecule has 0 aliphatic carbocycles. The molecule has 0 saturated heterocycles. The molecule has 0 fully saturated rings. The molecule has 1 atom stereocenters. The molecule has 1 N–H and O–H groups in total. The number of hydrogen-bond acceptors (Lipinski definition) is 5. The SMILES string of the molecule is CC(C)C(O)(c1cncnc1)c1ccc(-c2ccc(OC(F)(F)F)cc2F)cn1. The minimum atomic E-state index is -4.90. The summed E-state index contributed by atoms with van der Waals surface area (Å²) in [4.78, 5) is 12.1. The second-order valence-electron chi connectivity index (χ2n) is 6.67.